The summed E-state index contributed by atoms with van der Waals surface area (Å²) in [4.78, 5) is 0.855. The molecule has 0 amide bonds. The largest absolute Gasteiger partial charge is 0.206 e. The molecule has 2 aliphatic rings. The number of aryl methyl sites for hydroxylation is 2. The Hall–Kier alpha value is -4.08. The molecule has 0 aliphatic heterocycles. The Kier molecular flexibility index (Phi) is 4.16. The molecular weight excluding hydrogens is 446 g/mol. The van der Waals surface area contributed by atoms with Crippen LogP contribution < -0.4 is 0 Å². The number of allylic oxidation sites excluding steroid dienone is 2. The molecule has 2 aromatic heterocycles. The standard InChI is InChI=1S/C24H8F2N4S2/c1-9-7-31-23-13(9)15(11(3-27)4-28)17-19(23)22(26)18-16(12(5-29)6-30)14-10(2)8-32-24(14)20(18)21(17)25/h7-8H,1-2H3. The van der Waals surface area contributed by atoms with Crippen LogP contribution in [0.3, 0.4) is 0 Å². The molecule has 0 fully saturated rings. The minimum atomic E-state index is -0.759. The maximum Gasteiger partial charge on any atom is 0.141 e. The lowest BCUT2D eigenvalue weighted by Crippen LogP contribution is -2.01. The van der Waals surface area contributed by atoms with Gasteiger partial charge in [-0.2, -0.15) is 21.0 Å². The molecule has 0 bridgehead atoms. The van der Waals surface area contributed by atoms with E-state index in [1.54, 1.807) is 24.6 Å². The fourth-order valence-electron chi connectivity index (χ4n) is 4.49. The molecule has 0 atom stereocenters. The Balaban J connectivity index is 2.06. The second-order valence-corrected chi connectivity index (χ2v) is 9.08. The van der Waals surface area contributed by atoms with Gasteiger partial charge in [0, 0.05) is 54.3 Å². The number of nitriles is 4. The van der Waals surface area contributed by atoms with Crippen molar-refractivity contribution in [1.29, 1.82) is 21.0 Å². The Morgan fingerprint density at radius 3 is 1.28 bits per heavy atom. The van der Waals surface area contributed by atoms with Crippen LogP contribution in [0.25, 0.3) is 32.0 Å². The molecule has 0 saturated heterocycles. The van der Waals surface area contributed by atoms with E-state index in [1.165, 1.54) is 22.7 Å². The van der Waals surface area contributed by atoms with Crippen molar-refractivity contribution in [2.45, 2.75) is 13.8 Å². The quantitative estimate of drug-likeness (QED) is 0.254. The summed E-state index contributed by atoms with van der Waals surface area (Å²) in [5.41, 5.74) is 1.64. The summed E-state index contributed by atoms with van der Waals surface area (Å²) in [7, 11) is 0. The molecule has 2 aliphatic carbocycles. The molecule has 150 valence electrons. The van der Waals surface area contributed by atoms with E-state index in [1.807, 2.05) is 24.3 Å². The van der Waals surface area contributed by atoms with Gasteiger partial charge in [0.15, 0.2) is 0 Å². The third-order valence-corrected chi connectivity index (χ3v) is 7.96. The van der Waals surface area contributed by atoms with Crippen LogP contribution in [-0.4, -0.2) is 0 Å². The highest BCUT2D eigenvalue weighted by Gasteiger charge is 2.43. The number of hydrogen-bond donors (Lipinski definition) is 0. The first kappa shape index (κ1) is 19.9. The second kappa shape index (κ2) is 6.71. The number of thiophene rings is 2. The van der Waals surface area contributed by atoms with Crippen molar-refractivity contribution in [1.82, 2.24) is 0 Å². The Labute approximate surface area is 189 Å². The highest BCUT2D eigenvalue weighted by molar-refractivity contribution is 7.14. The third-order valence-electron chi connectivity index (χ3n) is 5.73. The van der Waals surface area contributed by atoms with E-state index >= 15 is 8.78 Å². The topological polar surface area (TPSA) is 95.2 Å². The monoisotopic (exact) mass is 454 g/mol. The molecule has 0 saturated carbocycles. The van der Waals surface area contributed by atoms with Crippen molar-refractivity contribution in [3.8, 4) is 45.2 Å². The number of rotatable bonds is 0. The normalized spacial score (nSPS) is 12.1. The van der Waals surface area contributed by atoms with Crippen LogP contribution in [0.4, 0.5) is 8.78 Å². The van der Waals surface area contributed by atoms with E-state index in [2.05, 4.69) is 0 Å². The van der Waals surface area contributed by atoms with Crippen LogP contribution in [0.15, 0.2) is 21.9 Å². The second-order valence-electron chi connectivity index (χ2n) is 7.32. The smallest absolute Gasteiger partial charge is 0.141 e. The van der Waals surface area contributed by atoms with Crippen LogP contribution in [0.5, 0.6) is 0 Å². The van der Waals surface area contributed by atoms with Gasteiger partial charge >= 0.3 is 0 Å². The Morgan fingerprint density at radius 2 is 0.969 bits per heavy atom. The minimum Gasteiger partial charge on any atom is -0.206 e. The fraction of sp³-hybridized carbons (Fsp3) is 0.0833. The zero-order chi connectivity index (χ0) is 22.9. The van der Waals surface area contributed by atoms with Crippen LogP contribution >= 0.6 is 22.7 Å². The summed E-state index contributed by atoms with van der Waals surface area (Å²) in [5, 5.41) is 41.7. The number of benzene rings is 1. The van der Waals surface area contributed by atoms with Gasteiger partial charge in [0.25, 0.3) is 0 Å². The molecule has 1 aromatic carbocycles. The van der Waals surface area contributed by atoms with E-state index in [9.17, 15) is 21.0 Å². The molecule has 5 rings (SSSR count). The lowest BCUT2D eigenvalue weighted by atomic mass is 9.91. The SMILES string of the molecule is Cc1csc2c1C(=C(C#N)C#N)c1c(F)c3c(c(F)c1-2)C(=C(C#N)C#N)c1c(C)csc1-3. The minimum absolute atomic E-state index is 0.0344. The van der Waals surface area contributed by atoms with Gasteiger partial charge < -0.3 is 0 Å². The average molecular weight is 454 g/mol. The molecular formula is C24H8F2N4S2. The lowest BCUT2D eigenvalue weighted by Gasteiger charge is -2.13. The summed E-state index contributed by atoms with van der Waals surface area (Å²) in [6.45, 7) is 3.51. The summed E-state index contributed by atoms with van der Waals surface area (Å²) >= 11 is 2.40. The van der Waals surface area contributed by atoms with Gasteiger partial charge in [-0.15, -0.1) is 22.7 Å². The first-order valence-electron chi connectivity index (χ1n) is 9.23. The third kappa shape index (κ3) is 2.18. The predicted molar refractivity (Wildman–Crippen MR) is 117 cm³/mol. The van der Waals surface area contributed by atoms with Gasteiger partial charge in [-0.1, -0.05) is 0 Å². The molecule has 0 radical (unpaired) electrons. The zero-order valence-corrected chi connectivity index (χ0v) is 18.1. The van der Waals surface area contributed by atoms with Gasteiger partial charge in [-0.3, -0.25) is 0 Å². The van der Waals surface area contributed by atoms with Crippen molar-refractivity contribution in [3.63, 3.8) is 0 Å². The van der Waals surface area contributed by atoms with Crippen LogP contribution in [-0.2, 0) is 0 Å². The lowest BCUT2D eigenvalue weighted by molar-refractivity contribution is 0.603. The predicted octanol–water partition coefficient (Wildman–Crippen LogP) is 6.36. The van der Waals surface area contributed by atoms with Gasteiger partial charge in [-0.05, 0) is 35.7 Å². The summed E-state index contributed by atoms with van der Waals surface area (Å²) in [5.74, 6) is -1.52. The maximum atomic E-state index is 16.2. The molecule has 4 nitrogen and oxygen atoms in total. The van der Waals surface area contributed by atoms with E-state index < -0.39 is 11.6 Å². The molecule has 0 N–H and O–H groups in total. The highest BCUT2D eigenvalue weighted by Crippen LogP contribution is 2.59. The van der Waals surface area contributed by atoms with E-state index in [0.717, 1.165) is 0 Å². The molecule has 0 spiro atoms. The van der Waals surface area contributed by atoms with Crippen molar-refractivity contribution in [2.75, 3.05) is 0 Å². The van der Waals surface area contributed by atoms with Gasteiger partial charge in [0.1, 0.15) is 47.1 Å². The zero-order valence-electron chi connectivity index (χ0n) is 16.5. The summed E-state index contributed by atoms with van der Waals surface area (Å²) in [6.07, 6.45) is 0. The number of nitrogens with zero attached hydrogens (tertiary/aromatic N) is 4. The molecule has 8 heteroatoms. The number of hydrogen-bond acceptors (Lipinski definition) is 6. The van der Waals surface area contributed by atoms with Crippen molar-refractivity contribution < 1.29 is 8.78 Å². The Morgan fingerprint density at radius 1 is 0.625 bits per heavy atom. The van der Waals surface area contributed by atoms with Crippen LogP contribution in [0.2, 0.25) is 0 Å². The Bertz CT molecular complexity index is 1500. The van der Waals surface area contributed by atoms with Gasteiger partial charge in [0.05, 0.1) is 0 Å². The van der Waals surface area contributed by atoms with E-state index in [-0.39, 0.29) is 44.5 Å². The van der Waals surface area contributed by atoms with Crippen LogP contribution in [0, 0.1) is 70.8 Å². The molecule has 3 aromatic rings. The van der Waals surface area contributed by atoms with Crippen LogP contribution in [0.1, 0.15) is 33.4 Å². The maximum absolute atomic E-state index is 16.2. The van der Waals surface area contributed by atoms with Crippen molar-refractivity contribution in [2.24, 2.45) is 0 Å². The molecule has 0 unspecified atom stereocenters. The summed E-state index contributed by atoms with van der Waals surface area (Å²) in [6, 6.07) is 7.27. The molecule has 2 heterocycles. The first-order chi connectivity index (χ1) is 15.4. The van der Waals surface area contributed by atoms with Crippen molar-refractivity contribution >= 4 is 33.8 Å². The number of halogens is 2. The summed E-state index contributed by atoms with van der Waals surface area (Å²) < 4.78 is 32.5. The van der Waals surface area contributed by atoms with E-state index in [4.69, 9.17) is 0 Å². The molecule has 32 heavy (non-hydrogen) atoms. The van der Waals surface area contributed by atoms with Gasteiger partial charge in [-0.25, -0.2) is 8.78 Å². The van der Waals surface area contributed by atoms with Gasteiger partial charge in [0.2, 0.25) is 0 Å². The average Bonchev–Trinajstić information content (AvgIpc) is 3.51. The fourth-order valence-corrected chi connectivity index (χ4v) is 6.69. The van der Waals surface area contributed by atoms with Crippen molar-refractivity contribution in [3.05, 3.63) is 66.9 Å². The first-order valence-corrected chi connectivity index (χ1v) is 11.0. The highest BCUT2D eigenvalue weighted by atomic mass is 32.1. The van der Waals surface area contributed by atoms with E-state index in [0.29, 0.717) is 32.0 Å². The number of fused-ring (bicyclic) bond motifs is 6.